The molecule has 0 aliphatic carbocycles. The fraction of sp³-hybridized carbons (Fsp3) is 0.417. The number of rotatable bonds is 5. The largest absolute Gasteiger partial charge is 0.462 e. The van der Waals surface area contributed by atoms with Crippen LogP contribution in [0.5, 0.6) is 0 Å². The van der Waals surface area contributed by atoms with Crippen LogP contribution in [0.2, 0.25) is 0 Å². The van der Waals surface area contributed by atoms with Gasteiger partial charge in [-0.25, -0.2) is 4.79 Å². The first kappa shape index (κ1) is 11.7. The Bertz CT molecular complexity index is 294. The zero-order valence-corrected chi connectivity index (χ0v) is 8.98. The molecule has 2 N–H and O–H groups in total. The van der Waals surface area contributed by atoms with Gasteiger partial charge in [0.1, 0.15) is 0 Å². The molecule has 15 heavy (non-hydrogen) atoms. The number of benzene rings is 1. The smallest absolute Gasteiger partial charge is 0.338 e. The van der Waals surface area contributed by atoms with Gasteiger partial charge < -0.3 is 10.5 Å². The highest BCUT2D eigenvalue weighted by molar-refractivity contribution is 5.89. The van der Waals surface area contributed by atoms with E-state index in [2.05, 4.69) is 0 Å². The first-order valence-corrected chi connectivity index (χ1v) is 5.20. The van der Waals surface area contributed by atoms with Gasteiger partial charge in [-0.15, -0.1) is 0 Å². The number of carbonyl (C=O) groups is 1. The van der Waals surface area contributed by atoms with Gasteiger partial charge in [-0.3, -0.25) is 0 Å². The Hall–Kier alpha value is -1.35. The van der Waals surface area contributed by atoms with E-state index in [0.29, 0.717) is 18.7 Å². The molecule has 0 aliphatic rings. The Morgan fingerprint density at radius 2 is 2.07 bits per heavy atom. The molecule has 1 unspecified atom stereocenters. The van der Waals surface area contributed by atoms with Crippen LogP contribution in [0, 0.1) is 5.92 Å². The number of esters is 1. The van der Waals surface area contributed by atoms with Gasteiger partial charge in [0, 0.05) is 5.92 Å². The fourth-order valence-electron chi connectivity index (χ4n) is 1.20. The third-order valence-electron chi connectivity index (χ3n) is 2.37. The summed E-state index contributed by atoms with van der Waals surface area (Å²) in [6.45, 7) is 2.99. The predicted molar refractivity (Wildman–Crippen MR) is 59.6 cm³/mol. The van der Waals surface area contributed by atoms with E-state index in [0.717, 1.165) is 6.42 Å². The summed E-state index contributed by atoms with van der Waals surface area (Å²) in [5, 5.41) is 0. The summed E-state index contributed by atoms with van der Waals surface area (Å²) in [4.78, 5) is 11.5. The molecular weight excluding hydrogens is 190 g/mol. The molecule has 0 heterocycles. The van der Waals surface area contributed by atoms with E-state index in [1.807, 2.05) is 25.1 Å². The quantitative estimate of drug-likeness (QED) is 0.749. The summed E-state index contributed by atoms with van der Waals surface area (Å²) in [6.07, 6.45) is 0.929. The van der Waals surface area contributed by atoms with Crippen LogP contribution in [0.25, 0.3) is 0 Å². The van der Waals surface area contributed by atoms with Crippen molar-refractivity contribution in [3.8, 4) is 0 Å². The minimum Gasteiger partial charge on any atom is -0.462 e. The van der Waals surface area contributed by atoms with Crippen LogP contribution >= 0.6 is 0 Å². The summed E-state index contributed by atoms with van der Waals surface area (Å²) in [7, 11) is 0. The maximum absolute atomic E-state index is 11.5. The van der Waals surface area contributed by atoms with E-state index in [-0.39, 0.29) is 11.9 Å². The SMILES string of the molecule is CCC(CN)COC(=O)c1ccccc1. The predicted octanol–water partition coefficient (Wildman–Crippen LogP) is 1.83. The molecular formula is C12H17NO2. The zero-order valence-electron chi connectivity index (χ0n) is 8.98. The van der Waals surface area contributed by atoms with Gasteiger partial charge >= 0.3 is 5.97 Å². The van der Waals surface area contributed by atoms with Gasteiger partial charge in [-0.05, 0) is 25.1 Å². The van der Waals surface area contributed by atoms with Gasteiger partial charge in [0.05, 0.1) is 12.2 Å². The van der Waals surface area contributed by atoms with E-state index < -0.39 is 0 Å². The molecule has 82 valence electrons. The van der Waals surface area contributed by atoms with Gasteiger partial charge in [0.25, 0.3) is 0 Å². The summed E-state index contributed by atoms with van der Waals surface area (Å²) in [5.41, 5.74) is 6.10. The molecule has 3 nitrogen and oxygen atoms in total. The number of hydrogen-bond donors (Lipinski definition) is 1. The summed E-state index contributed by atoms with van der Waals surface area (Å²) >= 11 is 0. The minimum absolute atomic E-state index is 0.262. The Morgan fingerprint density at radius 3 is 2.60 bits per heavy atom. The van der Waals surface area contributed by atoms with Crippen LogP contribution in [-0.2, 0) is 4.74 Å². The molecule has 0 saturated carbocycles. The summed E-state index contributed by atoms with van der Waals surface area (Å²) in [5.74, 6) is -0.0137. The maximum Gasteiger partial charge on any atom is 0.338 e. The lowest BCUT2D eigenvalue weighted by atomic mass is 10.1. The Labute approximate surface area is 90.2 Å². The first-order chi connectivity index (χ1) is 7.27. The van der Waals surface area contributed by atoms with Crippen LogP contribution in [0.1, 0.15) is 23.7 Å². The number of carbonyl (C=O) groups excluding carboxylic acids is 1. The van der Waals surface area contributed by atoms with Gasteiger partial charge in [-0.1, -0.05) is 25.1 Å². The van der Waals surface area contributed by atoms with Gasteiger partial charge in [0.2, 0.25) is 0 Å². The topological polar surface area (TPSA) is 52.3 Å². The average molecular weight is 207 g/mol. The zero-order chi connectivity index (χ0) is 11.1. The molecule has 0 fully saturated rings. The Morgan fingerprint density at radius 1 is 1.40 bits per heavy atom. The molecule has 0 aromatic heterocycles. The van der Waals surface area contributed by atoms with Gasteiger partial charge in [-0.2, -0.15) is 0 Å². The van der Waals surface area contributed by atoms with E-state index >= 15 is 0 Å². The van der Waals surface area contributed by atoms with E-state index in [1.165, 1.54) is 0 Å². The third kappa shape index (κ3) is 3.72. The van der Waals surface area contributed by atoms with Crippen molar-refractivity contribution in [3.05, 3.63) is 35.9 Å². The number of ether oxygens (including phenoxy) is 1. The van der Waals surface area contributed by atoms with E-state index in [9.17, 15) is 4.79 Å². The normalized spacial score (nSPS) is 12.1. The second kappa shape index (κ2) is 6.19. The monoisotopic (exact) mass is 207 g/mol. The van der Waals surface area contributed by atoms with Crippen molar-refractivity contribution in [1.82, 2.24) is 0 Å². The molecule has 0 bridgehead atoms. The second-order valence-corrected chi connectivity index (χ2v) is 3.47. The van der Waals surface area contributed by atoms with E-state index in [4.69, 9.17) is 10.5 Å². The Balaban J connectivity index is 2.43. The highest BCUT2D eigenvalue weighted by Gasteiger charge is 2.09. The fourth-order valence-corrected chi connectivity index (χ4v) is 1.20. The molecule has 0 amide bonds. The van der Waals surface area contributed by atoms with Gasteiger partial charge in [0.15, 0.2) is 0 Å². The molecule has 1 aromatic rings. The van der Waals surface area contributed by atoms with Crippen LogP contribution in [0.3, 0.4) is 0 Å². The summed E-state index contributed by atoms with van der Waals surface area (Å²) in [6, 6.07) is 8.98. The van der Waals surface area contributed by atoms with Crippen LogP contribution < -0.4 is 5.73 Å². The van der Waals surface area contributed by atoms with Crippen LogP contribution in [0.4, 0.5) is 0 Å². The first-order valence-electron chi connectivity index (χ1n) is 5.20. The molecule has 0 aliphatic heterocycles. The highest BCUT2D eigenvalue weighted by Crippen LogP contribution is 2.05. The highest BCUT2D eigenvalue weighted by atomic mass is 16.5. The Kier molecular flexibility index (Phi) is 4.84. The molecule has 1 rings (SSSR count). The van der Waals surface area contributed by atoms with Crippen molar-refractivity contribution >= 4 is 5.97 Å². The van der Waals surface area contributed by atoms with Crippen molar-refractivity contribution in [2.24, 2.45) is 11.7 Å². The molecule has 0 radical (unpaired) electrons. The van der Waals surface area contributed by atoms with Crippen LogP contribution in [0.15, 0.2) is 30.3 Å². The second-order valence-electron chi connectivity index (χ2n) is 3.47. The standard InChI is InChI=1S/C12H17NO2/c1-2-10(8-13)9-15-12(14)11-6-4-3-5-7-11/h3-7,10H,2,8-9,13H2,1H3. The molecule has 0 saturated heterocycles. The average Bonchev–Trinajstić information content (AvgIpc) is 2.31. The lowest BCUT2D eigenvalue weighted by molar-refractivity contribution is 0.0441. The summed E-state index contributed by atoms with van der Waals surface area (Å²) < 4.78 is 5.15. The van der Waals surface area contributed by atoms with Crippen molar-refractivity contribution in [3.63, 3.8) is 0 Å². The van der Waals surface area contributed by atoms with Crippen molar-refractivity contribution in [1.29, 1.82) is 0 Å². The number of nitrogens with two attached hydrogens (primary N) is 1. The lowest BCUT2D eigenvalue weighted by Gasteiger charge is -2.12. The minimum atomic E-state index is -0.275. The molecule has 1 aromatic carbocycles. The van der Waals surface area contributed by atoms with E-state index in [1.54, 1.807) is 12.1 Å². The molecule has 3 heteroatoms. The maximum atomic E-state index is 11.5. The number of hydrogen-bond acceptors (Lipinski definition) is 3. The van der Waals surface area contributed by atoms with Crippen LogP contribution in [-0.4, -0.2) is 19.1 Å². The third-order valence-corrected chi connectivity index (χ3v) is 2.37. The van der Waals surface area contributed by atoms with Crippen molar-refractivity contribution in [2.75, 3.05) is 13.2 Å². The lowest BCUT2D eigenvalue weighted by Crippen LogP contribution is -2.21. The molecule has 1 atom stereocenters. The van der Waals surface area contributed by atoms with Crippen molar-refractivity contribution < 1.29 is 9.53 Å². The molecule has 0 spiro atoms. The van der Waals surface area contributed by atoms with Crippen molar-refractivity contribution in [2.45, 2.75) is 13.3 Å².